The fourth-order valence-electron chi connectivity index (χ4n) is 2.80. The second-order valence-corrected chi connectivity index (χ2v) is 6.55. The molecular formula is C17H19N3O. The van der Waals surface area contributed by atoms with Crippen LogP contribution in [0.4, 0.5) is 0 Å². The van der Waals surface area contributed by atoms with Crippen LogP contribution in [-0.2, 0) is 0 Å². The van der Waals surface area contributed by atoms with Crippen molar-refractivity contribution >= 4 is 16.8 Å². The Labute approximate surface area is 124 Å². The predicted octanol–water partition coefficient (Wildman–Crippen LogP) is 3.30. The number of H-pyrrole nitrogens is 1. The van der Waals surface area contributed by atoms with Gasteiger partial charge >= 0.3 is 0 Å². The highest BCUT2D eigenvalue weighted by molar-refractivity contribution is 5.98. The fourth-order valence-corrected chi connectivity index (χ4v) is 2.80. The zero-order valence-corrected chi connectivity index (χ0v) is 12.4. The molecule has 0 bridgehead atoms. The summed E-state index contributed by atoms with van der Waals surface area (Å²) >= 11 is 0. The summed E-state index contributed by atoms with van der Waals surface area (Å²) in [7, 11) is 0. The van der Waals surface area contributed by atoms with Gasteiger partial charge in [-0.25, -0.2) is 0 Å². The number of likely N-dealkylation sites (tertiary alicyclic amines) is 1. The molecule has 0 saturated carbocycles. The van der Waals surface area contributed by atoms with E-state index in [1.807, 2.05) is 17.0 Å². The molecule has 0 aliphatic carbocycles. The third-order valence-corrected chi connectivity index (χ3v) is 4.39. The molecule has 1 amide bonds. The highest BCUT2D eigenvalue weighted by Gasteiger charge is 2.28. The van der Waals surface area contributed by atoms with Crippen LogP contribution in [0.1, 0.15) is 42.7 Å². The van der Waals surface area contributed by atoms with Crippen molar-refractivity contribution in [2.24, 2.45) is 5.41 Å². The Balaban J connectivity index is 1.84. The largest absolute Gasteiger partial charge is 0.350 e. The van der Waals surface area contributed by atoms with Gasteiger partial charge in [0.25, 0.3) is 5.91 Å². The third kappa shape index (κ3) is 2.64. The van der Waals surface area contributed by atoms with Crippen LogP contribution in [0.15, 0.2) is 24.3 Å². The van der Waals surface area contributed by atoms with Crippen LogP contribution in [-0.4, -0.2) is 28.9 Å². The van der Waals surface area contributed by atoms with Gasteiger partial charge < -0.3 is 9.88 Å². The summed E-state index contributed by atoms with van der Waals surface area (Å²) in [5.41, 5.74) is 2.39. The van der Waals surface area contributed by atoms with Gasteiger partial charge in [-0.2, -0.15) is 5.26 Å². The normalized spacial score (nSPS) is 17.7. The minimum absolute atomic E-state index is 0.0557. The first-order chi connectivity index (χ1) is 9.98. The van der Waals surface area contributed by atoms with E-state index in [9.17, 15) is 4.79 Å². The molecule has 1 aliphatic heterocycles. The Morgan fingerprint density at radius 2 is 2.00 bits per heavy atom. The standard InChI is InChI=1S/C17H19N3O/c1-17(2)5-7-20(8-6-17)16(21)15-10-13-4-3-12(11-18)9-14(13)19-15/h3-4,9-10,19H,5-8H2,1-2H3. The number of nitrogens with zero attached hydrogens (tertiary/aromatic N) is 2. The first-order valence-corrected chi connectivity index (χ1v) is 7.31. The summed E-state index contributed by atoms with van der Waals surface area (Å²) in [6.07, 6.45) is 2.08. The highest BCUT2D eigenvalue weighted by atomic mass is 16.2. The number of fused-ring (bicyclic) bond motifs is 1. The number of benzene rings is 1. The van der Waals surface area contributed by atoms with E-state index < -0.39 is 0 Å². The molecule has 0 unspecified atom stereocenters. The summed E-state index contributed by atoms with van der Waals surface area (Å²) in [6.45, 7) is 6.12. The molecule has 3 rings (SSSR count). The lowest BCUT2D eigenvalue weighted by Crippen LogP contribution is -2.41. The number of carbonyl (C=O) groups excluding carboxylic acids is 1. The molecule has 2 heterocycles. The summed E-state index contributed by atoms with van der Waals surface area (Å²) in [5.74, 6) is 0.0557. The molecule has 21 heavy (non-hydrogen) atoms. The van der Waals surface area contributed by atoms with Crippen molar-refractivity contribution < 1.29 is 4.79 Å². The number of aromatic nitrogens is 1. The monoisotopic (exact) mass is 281 g/mol. The Morgan fingerprint density at radius 1 is 1.29 bits per heavy atom. The van der Waals surface area contributed by atoms with Gasteiger partial charge in [0.15, 0.2) is 0 Å². The maximum atomic E-state index is 12.6. The van der Waals surface area contributed by atoms with Crippen molar-refractivity contribution in [1.29, 1.82) is 5.26 Å². The lowest BCUT2D eigenvalue weighted by molar-refractivity contribution is 0.0625. The quantitative estimate of drug-likeness (QED) is 0.871. The zero-order valence-electron chi connectivity index (χ0n) is 12.4. The van der Waals surface area contributed by atoms with E-state index in [4.69, 9.17) is 5.26 Å². The summed E-state index contributed by atoms with van der Waals surface area (Å²) < 4.78 is 0. The molecule has 0 atom stereocenters. The molecule has 1 aromatic heterocycles. The average Bonchev–Trinajstić information content (AvgIpc) is 2.89. The van der Waals surface area contributed by atoms with E-state index in [1.165, 1.54) is 0 Å². The number of hydrogen-bond acceptors (Lipinski definition) is 2. The van der Waals surface area contributed by atoms with Gasteiger partial charge in [-0.15, -0.1) is 0 Å². The third-order valence-electron chi connectivity index (χ3n) is 4.39. The van der Waals surface area contributed by atoms with Crippen LogP contribution < -0.4 is 0 Å². The van der Waals surface area contributed by atoms with Crippen LogP contribution >= 0.6 is 0 Å². The lowest BCUT2D eigenvalue weighted by Gasteiger charge is -2.36. The van der Waals surface area contributed by atoms with E-state index in [0.717, 1.165) is 36.8 Å². The highest BCUT2D eigenvalue weighted by Crippen LogP contribution is 2.30. The SMILES string of the molecule is CC1(C)CCN(C(=O)c2cc3ccc(C#N)cc3[nH]2)CC1. The second-order valence-electron chi connectivity index (χ2n) is 6.55. The van der Waals surface area contributed by atoms with E-state index in [2.05, 4.69) is 24.9 Å². The molecule has 1 N–H and O–H groups in total. The Hall–Kier alpha value is -2.28. The second kappa shape index (κ2) is 4.92. The molecular weight excluding hydrogens is 262 g/mol. The molecule has 1 saturated heterocycles. The van der Waals surface area contributed by atoms with Crippen LogP contribution in [0, 0.1) is 16.7 Å². The first kappa shape index (κ1) is 13.7. The number of hydrogen-bond donors (Lipinski definition) is 1. The van der Waals surface area contributed by atoms with E-state index in [0.29, 0.717) is 16.7 Å². The van der Waals surface area contributed by atoms with E-state index in [1.54, 1.807) is 12.1 Å². The summed E-state index contributed by atoms with van der Waals surface area (Å²) in [4.78, 5) is 17.6. The van der Waals surface area contributed by atoms with Gasteiger partial charge in [-0.3, -0.25) is 4.79 Å². The minimum Gasteiger partial charge on any atom is -0.350 e. The Morgan fingerprint density at radius 3 is 2.67 bits per heavy atom. The smallest absolute Gasteiger partial charge is 0.270 e. The number of nitrogens with one attached hydrogen (secondary N) is 1. The molecule has 0 spiro atoms. The van der Waals surface area contributed by atoms with E-state index in [-0.39, 0.29) is 5.91 Å². The molecule has 1 aromatic carbocycles. The number of aromatic amines is 1. The molecule has 1 aliphatic rings. The van der Waals surface area contributed by atoms with Gasteiger partial charge in [-0.05, 0) is 36.5 Å². The molecule has 4 heteroatoms. The van der Waals surface area contributed by atoms with Gasteiger partial charge in [0.05, 0.1) is 11.6 Å². The number of nitriles is 1. The van der Waals surface area contributed by atoms with Crippen molar-refractivity contribution in [3.63, 3.8) is 0 Å². The Bertz CT molecular complexity index is 726. The summed E-state index contributed by atoms with van der Waals surface area (Å²) in [5, 5.41) is 9.89. The van der Waals surface area contributed by atoms with Crippen molar-refractivity contribution in [2.45, 2.75) is 26.7 Å². The van der Waals surface area contributed by atoms with Crippen molar-refractivity contribution in [3.05, 3.63) is 35.5 Å². The fraction of sp³-hybridized carbons (Fsp3) is 0.412. The van der Waals surface area contributed by atoms with Gasteiger partial charge in [0.1, 0.15) is 5.69 Å². The molecule has 0 radical (unpaired) electrons. The zero-order chi connectivity index (χ0) is 15.0. The molecule has 1 fully saturated rings. The van der Waals surface area contributed by atoms with Crippen molar-refractivity contribution in [3.8, 4) is 6.07 Å². The van der Waals surface area contributed by atoms with Crippen LogP contribution in [0.5, 0.6) is 0 Å². The average molecular weight is 281 g/mol. The van der Waals surface area contributed by atoms with Gasteiger partial charge in [-0.1, -0.05) is 19.9 Å². The van der Waals surface area contributed by atoms with Crippen molar-refractivity contribution in [2.75, 3.05) is 13.1 Å². The van der Waals surface area contributed by atoms with E-state index >= 15 is 0 Å². The molecule has 4 nitrogen and oxygen atoms in total. The number of rotatable bonds is 1. The van der Waals surface area contributed by atoms with Crippen LogP contribution in [0.25, 0.3) is 10.9 Å². The lowest BCUT2D eigenvalue weighted by atomic mass is 9.82. The minimum atomic E-state index is 0.0557. The predicted molar refractivity (Wildman–Crippen MR) is 81.9 cm³/mol. The Kier molecular flexibility index (Phi) is 3.21. The maximum Gasteiger partial charge on any atom is 0.270 e. The van der Waals surface area contributed by atoms with Gasteiger partial charge in [0.2, 0.25) is 0 Å². The molecule has 2 aromatic rings. The van der Waals surface area contributed by atoms with Crippen molar-refractivity contribution in [1.82, 2.24) is 9.88 Å². The maximum absolute atomic E-state index is 12.6. The topological polar surface area (TPSA) is 59.9 Å². The van der Waals surface area contributed by atoms with Gasteiger partial charge in [0, 0.05) is 24.0 Å². The van der Waals surface area contributed by atoms with Crippen LogP contribution in [0.3, 0.4) is 0 Å². The van der Waals surface area contributed by atoms with Crippen LogP contribution in [0.2, 0.25) is 0 Å². The first-order valence-electron chi connectivity index (χ1n) is 7.31. The number of amides is 1. The number of piperidine rings is 1. The number of carbonyl (C=O) groups is 1. The summed E-state index contributed by atoms with van der Waals surface area (Å²) in [6, 6.07) is 9.42. The molecule has 108 valence electrons.